The van der Waals surface area contributed by atoms with Crippen molar-refractivity contribution in [3.8, 4) is 0 Å². The topological polar surface area (TPSA) is 41.1 Å². The van der Waals surface area contributed by atoms with Crippen LogP contribution in [-0.2, 0) is 11.3 Å². The van der Waals surface area contributed by atoms with Crippen LogP contribution >= 0.6 is 15.9 Å². The van der Waals surface area contributed by atoms with Crippen molar-refractivity contribution in [1.29, 1.82) is 0 Å². The molecule has 0 radical (unpaired) electrons. The summed E-state index contributed by atoms with van der Waals surface area (Å²) in [6.45, 7) is 0.700. The number of hydrogen-bond donors (Lipinski definition) is 2. The maximum Gasteiger partial charge on any atom is 0.233 e. The van der Waals surface area contributed by atoms with Gasteiger partial charge in [-0.2, -0.15) is 0 Å². The van der Waals surface area contributed by atoms with Crippen molar-refractivity contribution in [2.24, 2.45) is 0 Å². The van der Waals surface area contributed by atoms with Crippen LogP contribution < -0.4 is 10.6 Å². The minimum atomic E-state index is -0.297. The Morgan fingerprint density at radius 1 is 1.53 bits per heavy atom. The second-order valence-corrected chi connectivity index (χ2v) is 3.88. The van der Waals surface area contributed by atoms with E-state index in [0.29, 0.717) is 11.0 Å². The lowest BCUT2D eigenvalue weighted by atomic mass is 10.2. The van der Waals surface area contributed by atoms with E-state index >= 15 is 0 Å². The SMILES string of the molecule is CNC(=O)CNCc1ccc(Br)c(F)c1. The summed E-state index contributed by atoms with van der Waals surface area (Å²) in [5.41, 5.74) is 0.805. The van der Waals surface area contributed by atoms with Crippen molar-refractivity contribution in [3.63, 3.8) is 0 Å². The third kappa shape index (κ3) is 3.97. The number of halogens is 2. The summed E-state index contributed by atoms with van der Waals surface area (Å²) in [5.74, 6) is -0.387. The van der Waals surface area contributed by atoms with Crippen LogP contribution in [0, 0.1) is 5.82 Å². The molecule has 0 aromatic heterocycles. The van der Waals surface area contributed by atoms with Crippen molar-refractivity contribution in [3.05, 3.63) is 34.1 Å². The lowest BCUT2D eigenvalue weighted by Crippen LogP contribution is -2.30. The molecule has 0 fully saturated rings. The average molecular weight is 275 g/mol. The highest BCUT2D eigenvalue weighted by Crippen LogP contribution is 2.16. The van der Waals surface area contributed by atoms with Gasteiger partial charge in [0.05, 0.1) is 11.0 Å². The molecule has 1 rings (SSSR count). The van der Waals surface area contributed by atoms with E-state index < -0.39 is 0 Å². The molecular weight excluding hydrogens is 263 g/mol. The summed E-state index contributed by atoms with van der Waals surface area (Å²) >= 11 is 3.07. The zero-order valence-electron chi connectivity index (χ0n) is 8.31. The van der Waals surface area contributed by atoms with Crippen LogP contribution in [0.2, 0.25) is 0 Å². The minimum Gasteiger partial charge on any atom is -0.358 e. The Bertz CT molecular complexity index is 357. The molecule has 82 valence electrons. The first-order valence-electron chi connectivity index (χ1n) is 4.48. The lowest BCUT2D eigenvalue weighted by Gasteiger charge is -2.04. The first-order chi connectivity index (χ1) is 7.13. The molecule has 0 unspecified atom stereocenters. The highest BCUT2D eigenvalue weighted by atomic mass is 79.9. The number of carbonyl (C=O) groups excluding carboxylic acids is 1. The monoisotopic (exact) mass is 274 g/mol. The number of nitrogens with one attached hydrogen (secondary N) is 2. The molecule has 1 amide bonds. The van der Waals surface area contributed by atoms with Gasteiger partial charge in [-0.05, 0) is 33.6 Å². The maximum atomic E-state index is 13.1. The van der Waals surface area contributed by atoms with Crippen LogP contribution in [0.15, 0.2) is 22.7 Å². The van der Waals surface area contributed by atoms with Gasteiger partial charge in [-0.15, -0.1) is 0 Å². The van der Waals surface area contributed by atoms with Gasteiger partial charge in [-0.3, -0.25) is 4.79 Å². The molecule has 0 aliphatic carbocycles. The highest BCUT2D eigenvalue weighted by Gasteiger charge is 2.01. The molecule has 0 saturated carbocycles. The zero-order chi connectivity index (χ0) is 11.3. The quantitative estimate of drug-likeness (QED) is 0.872. The number of rotatable bonds is 4. The Morgan fingerprint density at radius 3 is 2.87 bits per heavy atom. The number of likely N-dealkylation sites (N-methyl/N-ethyl adjacent to an activating group) is 1. The van der Waals surface area contributed by atoms with Gasteiger partial charge in [-0.1, -0.05) is 6.07 Å². The van der Waals surface area contributed by atoms with Crippen molar-refractivity contribution >= 4 is 21.8 Å². The van der Waals surface area contributed by atoms with Gasteiger partial charge in [-0.25, -0.2) is 4.39 Å². The van der Waals surface area contributed by atoms with Crippen LogP contribution in [0.25, 0.3) is 0 Å². The van der Waals surface area contributed by atoms with E-state index in [1.807, 2.05) is 0 Å². The Morgan fingerprint density at radius 2 is 2.27 bits per heavy atom. The van der Waals surface area contributed by atoms with Crippen LogP contribution in [0.4, 0.5) is 4.39 Å². The molecule has 1 aromatic carbocycles. The molecule has 0 spiro atoms. The standard InChI is InChI=1S/C10H12BrFN2O/c1-13-10(15)6-14-5-7-2-3-8(11)9(12)4-7/h2-4,14H,5-6H2,1H3,(H,13,15). The van der Waals surface area contributed by atoms with Gasteiger partial charge in [0, 0.05) is 13.6 Å². The first-order valence-corrected chi connectivity index (χ1v) is 5.28. The Balaban J connectivity index is 2.44. The van der Waals surface area contributed by atoms with Crippen LogP contribution in [0.3, 0.4) is 0 Å². The van der Waals surface area contributed by atoms with Crippen molar-refractivity contribution in [2.75, 3.05) is 13.6 Å². The van der Waals surface area contributed by atoms with E-state index in [-0.39, 0.29) is 18.3 Å². The van der Waals surface area contributed by atoms with Gasteiger partial charge in [0.2, 0.25) is 5.91 Å². The van der Waals surface area contributed by atoms with E-state index in [9.17, 15) is 9.18 Å². The Hall–Kier alpha value is -0.940. The van der Waals surface area contributed by atoms with Crippen LogP contribution in [-0.4, -0.2) is 19.5 Å². The normalized spacial score (nSPS) is 10.1. The largest absolute Gasteiger partial charge is 0.358 e. The Kier molecular flexibility index (Phi) is 4.71. The van der Waals surface area contributed by atoms with Crippen molar-refractivity contribution in [1.82, 2.24) is 10.6 Å². The fourth-order valence-electron chi connectivity index (χ4n) is 1.06. The number of hydrogen-bond acceptors (Lipinski definition) is 2. The maximum absolute atomic E-state index is 13.1. The van der Waals surface area contributed by atoms with Gasteiger partial charge in [0.1, 0.15) is 5.82 Å². The van der Waals surface area contributed by atoms with E-state index in [1.165, 1.54) is 6.07 Å². The highest BCUT2D eigenvalue weighted by molar-refractivity contribution is 9.10. The molecule has 1 aromatic rings. The molecule has 2 N–H and O–H groups in total. The average Bonchev–Trinajstić information content (AvgIpc) is 2.23. The zero-order valence-corrected chi connectivity index (χ0v) is 9.90. The molecule has 0 atom stereocenters. The van der Waals surface area contributed by atoms with E-state index in [2.05, 4.69) is 26.6 Å². The molecule has 3 nitrogen and oxygen atoms in total. The fraction of sp³-hybridized carbons (Fsp3) is 0.300. The second kappa shape index (κ2) is 5.82. The Labute approximate surface area is 96.2 Å². The van der Waals surface area contributed by atoms with Gasteiger partial charge < -0.3 is 10.6 Å². The summed E-state index contributed by atoms with van der Waals surface area (Å²) in [6, 6.07) is 4.87. The third-order valence-corrected chi connectivity index (χ3v) is 2.52. The first kappa shape index (κ1) is 12.1. The molecule has 0 aliphatic rings. The molecule has 0 bridgehead atoms. The van der Waals surface area contributed by atoms with E-state index in [4.69, 9.17) is 0 Å². The molecule has 5 heteroatoms. The minimum absolute atomic E-state index is 0.0902. The van der Waals surface area contributed by atoms with Gasteiger partial charge in [0.15, 0.2) is 0 Å². The van der Waals surface area contributed by atoms with E-state index in [1.54, 1.807) is 19.2 Å². The number of benzene rings is 1. The number of carbonyl (C=O) groups is 1. The molecule has 15 heavy (non-hydrogen) atoms. The van der Waals surface area contributed by atoms with Crippen molar-refractivity contribution in [2.45, 2.75) is 6.54 Å². The third-order valence-electron chi connectivity index (χ3n) is 1.88. The predicted octanol–water partition coefficient (Wildman–Crippen LogP) is 1.42. The van der Waals surface area contributed by atoms with E-state index in [0.717, 1.165) is 5.56 Å². The lowest BCUT2D eigenvalue weighted by molar-refractivity contribution is -0.119. The van der Waals surface area contributed by atoms with Crippen molar-refractivity contribution < 1.29 is 9.18 Å². The second-order valence-electron chi connectivity index (χ2n) is 3.03. The smallest absolute Gasteiger partial charge is 0.233 e. The van der Waals surface area contributed by atoms with Crippen LogP contribution in [0.5, 0.6) is 0 Å². The summed E-state index contributed by atoms with van der Waals surface area (Å²) < 4.78 is 13.5. The summed E-state index contributed by atoms with van der Waals surface area (Å²) in [6.07, 6.45) is 0. The fourth-order valence-corrected chi connectivity index (χ4v) is 1.30. The molecule has 0 heterocycles. The summed E-state index contributed by atoms with van der Waals surface area (Å²) in [7, 11) is 1.57. The van der Waals surface area contributed by atoms with Gasteiger partial charge >= 0.3 is 0 Å². The van der Waals surface area contributed by atoms with Crippen LogP contribution in [0.1, 0.15) is 5.56 Å². The molecule has 0 saturated heterocycles. The number of amides is 1. The van der Waals surface area contributed by atoms with Gasteiger partial charge in [0.25, 0.3) is 0 Å². The molecule has 0 aliphatic heterocycles. The molecular formula is C10H12BrFN2O. The predicted molar refractivity (Wildman–Crippen MR) is 59.9 cm³/mol. The summed E-state index contributed by atoms with van der Waals surface area (Å²) in [5, 5.41) is 5.39. The summed E-state index contributed by atoms with van der Waals surface area (Å²) in [4.78, 5) is 10.9.